The Balaban J connectivity index is 0.00000484. The summed E-state index contributed by atoms with van der Waals surface area (Å²) in [4.78, 5) is 17.3. The molecule has 0 bridgehead atoms. The van der Waals surface area contributed by atoms with Crippen LogP contribution in [0.15, 0.2) is 4.99 Å². The van der Waals surface area contributed by atoms with E-state index in [1.165, 1.54) is 4.90 Å². The molecule has 0 aromatic carbocycles. The number of likely N-dealkylation sites (N-methyl/N-ethyl adjacent to an activating group) is 1. The average molecular weight is 442 g/mol. The van der Waals surface area contributed by atoms with Crippen molar-refractivity contribution in [2.24, 2.45) is 4.99 Å². The molecule has 1 heterocycles. The third kappa shape index (κ3) is 10.7. The summed E-state index contributed by atoms with van der Waals surface area (Å²) in [5.41, 5.74) is 0. The highest BCUT2D eigenvalue weighted by molar-refractivity contribution is 14.0. The van der Waals surface area contributed by atoms with Crippen LogP contribution >= 0.6 is 24.0 Å². The lowest BCUT2D eigenvalue weighted by Gasteiger charge is -2.13. The van der Waals surface area contributed by atoms with E-state index >= 15 is 0 Å². The summed E-state index contributed by atoms with van der Waals surface area (Å²) >= 11 is 0. The fraction of sp³-hybridized carbons (Fsp3) is 0.867. The number of aliphatic imine (C=N–C) groups is 1. The second-order valence-corrected chi connectivity index (χ2v) is 5.47. The van der Waals surface area contributed by atoms with Crippen molar-refractivity contribution >= 4 is 35.8 Å². The van der Waals surface area contributed by atoms with E-state index in [1.54, 1.807) is 14.1 Å². The lowest BCUT2D eigenvalue weighted by atomic mass is 10.2. The summed E-state index contributed by atoms with van der Waals surface area (Å²) < 4.78 is 11.1. The van der Waals surface area contributed by atoms with Crippen LogP contribution in [0, 0.1) is 0 Å². The van der Waals surface area contributed by atoms with Crippen LogP contribution in [-0.4, -0.2) is 76.4 Å². The Bertz CT molecular complexity index is 348. The van der Waals surface area contributed by atoms with Gasteiger partial charge in [-0.05, 0) is 26.2 Å². The minimum Gasteiger partial charge on any atom is -0.379 e. The molecule has 0 radical (unpaired) electrons. The van der Waals surface area contributed by atoms with Gasteiger partial charge in [0.05, 0.1) is 12.7 Å². The first-order valence-electron chi connectivity index (χ1n) is 8.05. The Kier molecular flexibility index (Phi) is 13.4. The second kappa shape index (κ2) is 13.8. The summed E-state index contributed by atoms with van der Waals surface area (Å²) in [6, 6.07) is 0. The van der Waals surface area contributed by atoms with Gasteiger partial charge in [0, 0.05) is 40.4 Å². The Labute approximate surface area is 156 Å². The monoisotopic (exact) mass is 442 g/mol. The Hall–Kier alpha value is -0.610. The number of amides is 1. The number of hydrogen-bond acceptors (Lipinski definition) is 4. The molecule has 0 aliphatic carbocycles. The van der Waals surface area contributed by atoms with Crippen molar-refractivity contribution in [3.8, 4) is 0 Å². The number of nitrogens with one attached hydrogen (secondary N) is 2. The Morgan fingerprint density at radius 2 is 2.17 bits per heavy atom. The molecule has 1 atom stereocenters. The van der Waals surface area contributed by atoms with Gasteiger partial charge in [-0.25, -0.2) is 4.99 Å². The molecule has 136 valence electrons. The topological polar surface area (TPSA) is 75.2 Å². The van der Waals surface area contributed by atoms with E-state index in [2.05, 4.69) is 15.6 Å². The summed E-state index contributed by atoms with van der Waals surface area (Å²) in [6.07, 6.45) is 3.42. The summed E-state index contributed by atoms with van der Waals surface area (Å²) in [5.74, 6) is 0.647. The predicted octanol–water partition coefficient (Wildman–Crippen LogP) is 0.833. The van der Waals surface area contributed by atoms with Crippen LogP contribution in [0.25, 0.3) is 0 Å². The number of carbonyl (C=O) groups excluding carboxylic acids is 1. The fourth-order valence-corrected chi connectivity index (χ4v) is 2.00. The van der Waals surface area contributed by atoms with Gasteiger partial charge in [-0.3, -0.25) is 4.79 Å². The molecular formula is C15H31IN4O3. The highest BCUT2D eigenvalue weighted by Crippen LogP contribution is 2.11. The van der Waals surface area contributed by atoms with E-state index in [9.17, 15) is 4.79 Å². The summed E-state index contributed by atoms with van der Waals surface area (Å²) in [5, 5.41) is 6.32. The quantitative estimate of drug-likeness (QED) is 0.240. The number of guanidine groups is 1. The number of rotatable bonds is 9. The van der Waals surface area contributed by atoms with Crippen molar-refractivity contribution in [2.45, 2.75) is 32.3 Å². The number of carbonyl (C=O) groups is 1. The molecule has 2 N–H and O–H groups in total. The Morgan fingerprint density at radius 1 is 1.39 bits per heavy atom. The van der Waals surface area contributed by atoms with Crippen LogP contribution < -0.4 is 10.6 Å². The molecule has 0 saturated carbocycles. The molecule has 1 fully saturated rings. The van der Waals surface area contributed by atoms with E-state index in [0.717, 1.165) is 39.0 Å². The minimum atomic E-state index is -0.0166. The standard InChI is InChI=1S/C15H30N4O3.HI/c1-4-16-15(18-11-14(20)19(2)3)17-8-6-9-21-12-13-7-5-10-22-13;/h13H,4-12H2,1-3H3,(H2,16,17,18);1H. The zero-order valence-electron chi connectivity index (χ0n) is 14.5. The van der Waals surface area contributed by atoms with E-state index in [-0.39, 0.29) is 42.5 Å². The molecule has 1 unspecified atom stereocenters. The van der Waals surface area contributed by atoms with Crippen LogP contribution in [-0.2, 0) is 14.3 Å². The molecule has 0 aromatic heterocycles. The molecule has 1 rings (SSSR count). The summed E-state index contributed by atoms with van der Waals surface area (Å²) in [7, 11) is 3.45. The minimum absolute atomic E-state index is 0. The second-order valence-electron chi connectivity index (χ2n) is 5.47. The van der Waals surface area contributed by atoms with Crippen LogP contribution in [0.3, 0.4) is 0 Å². The molecular weight excluding hydrogens is 411 g/mol. The number of hydrogen-bond donors (Lipinski definition) is 2. The maximum absolute atomic E-state index is 11.5. The largest absolute Gasteiger partial charge is 0.379 e. The molecule has 1 aliphatic rings. The first kappa shape index (κ1) is 22.4. The molecule has 8 heteroatoms. The van der Waals surface area contributed by atoms with Crippen molar-refractivity contribution < 1.29 is 14.3 Å². The van der Waals surface area contributed by atoms with Crippen LogP contribution in [0.4, 0.5) is 0 Å². The van der Waals surface area contributed by atoms with Gasteiger partial charge in [0.2, 0.25) is 5.91 Å². The van der Waals surface area contributed by atoms with Gasteiger partial charge in [-0.2, -0.15) is 0 Å². The zero-order valence-corrected chi connectivity index (χ0v) is 16.8. The van der Waals surface area contributed by atoms with Crippen LogP contribution in [0.1, 0.15) is 26.2 Å². The first-order valence-corrected chi connectivity index (χ1v) is 8.05. The van der Waals surface area contributed by atoms with Crippen molar-refractivity contribution in [1.29, 1.82) is 0 Å². The molecule has 1 amide bonds. The summed E-state index contributed by atoms with van der Waals surface area (Å²) in [6.45, 7) is 5.91. The van der Waals surface area contributed by atoms with Gasteiger partial charge in [0.25, 0.3) is 0 Å². The highest BCUT2D eigenvalue weighted by Gasteiger charge is 2.14. The normalized spacial score (nSPS) is 17.5. The van der Waals surface area contributed by atoms with Gasteiger partial charge in [0.1, 0.15) is 6.54 Å². The van der Waals surface area contributed by atoms with Crippen molar-refractivity contribution in [2.75, 3.05) is 53.6 Å². The van der Waals surface area contributed by atoms with Gasteiger partial charge in [-0.15, -0.1) is 24.0 Å². The highest BCUT2D eigenvalue weighted by atomic mass is 127. The van der Waals surface area contributed by atoms with E-state index in [0.29, 0.717) is 19.2 Å². The molecule has 1 aliphatic heterocycles. The van der Waals surface area contributed by atoms with E-state index < -0.39 is 0 Å². The van der Waals surface area contributed by atoms with Crippen molar-refractivity contribution in [3.05, 3.63) is 0 Å². The average Bonchev–Trinajstić information content (AvgIpc) is 3.00. The molecule has 0 aromatic rings. The van der Waals surface area contributed by atoms with Gasteiger partial charge in [-0.1, -0.05) is 0 Å². The van der Waals surface area contributed by atoms with E-state index in [4.69, 9.17) is 9.47 Å². The van der Waals surface area contributed by atoms with Crippen LogP contribution in [0.2, 0.25) is 0 Å². The Morgan fingerprint density at radius 3 is 2.78 bits per heavy atom. The predicted molar refractivity (Wildman–Crippen MR) is 103 cm³/mol. The van der Waals surface area contributed by atoms with Crippen LogP contribution in [0.5, 0.6) is 0 Å². The van der Waals surface area contributed by atoms with Gasteiger partial charge >= 0.3 is 0 Å². The third-order valence-electron chi connectivity index (χ3n) is 3.30. The van der Waals surface area contributed by atoms with Gasteiger partial charge in [0.15, 0.2) is 5.96 Å². The molecule has 1 saturated heterocycles. The number of ether oxygens (including phenoxy) is 2. The lowest BCUT2D eigenvalue weighted by molar-refractivity contribution is -0.127. The smallest absolute Gasteiger partial charge is 0.243 e. The SMILES string of the molecule is CCNC(=NCC(=O)N(C)C)NCCCOCC1CCCO1.I. The van der Waals surface area contributed by atoms with Gasteiger partial charge < -0.3 is 25.0 Å². The fourth-order valence-electron chi connectivity index (χ4n) is 2.00. The lowest BCUT2D eigenvalue weighted by Crippen LogP contribution is -2.39. The third-order valence-corrected chi connectivity index (χ3v) is 3.30. The molecule has 7 nitrogen and oxygen atoms in total. The molecule has 0 spiro atoms. The number of nitrogens with zero attached hydrogens (tertiary/aromatic N) is 2. The molecule has 23 heavy (non-hydrogen) atoms. The number of halogens is 1. The van der Waals surface area contributed by atoms with Crippen molar-refractivity contribution in [3.63, 3.8) is 0 Å². The maximum atomic E-state index is 11.5. The van der Waals surface area contributed by atoms with Crippen molar-refractivity contribution in [1.82, 2.24) is 15.5 Å². The zero-order chi connectivity index (χ0) is 16.2. The maximum Gasteiger partial charge on any atom is 0.243 e. The first-order chi connectivity index (χ1) is 10.6. The van der Waals surface area contributed by atoms with E-state index in [1.807, 2.05) is 6.92 Å².